The quantitative estimate of drug-likeness (QED) is 0.841. The molecule has 1 aliphatic rings. The third-order valence-corrected chi connectivity index (χ3v) is 4.18. The molecule has 0 amide bonds. The molecular formula is C15H26N2O. The summed E-state index contributed by atoms with van der Waals surface area (Å²) in [6.45, 7) is 4.37. The molecule has 3 heteroatoms. The number of aliphatic hydroxyl groups is 1. The fourth-order valence-electron chi connectivity index (χ4n) is 2.81. The van der Waals surface area contributed by atoms with E-state index in [-0.39, 0.29) is 6.10 Å². The predicted octanol–water partition coefficient (Wildman–Crippen LogP) is 3.34. The lowest BCUT2D eigenvalue weighted by Gasteiger charge is -2.14. The summed E-state index contributed by atoms with van der Waals surface area (Å²) in [4.78, 5) is 0. The average Bonchev–Trinajstić information content (AvgIpc) is 2.98. The molecule has 0 aromatic carbocycles. The van der Waals surface area contributed by atoms with Crippen molar-refractivity contribution in [3.63, 3.8) is 0 Å². The first-order chi connectivity index (χ1) is 8.69. The summed E-state index contributed by atoms with van der Waals surface area (Å²) in [7, 11) is 0. The van der Waals surface area contributed by atoms with Gasteiger partial charge in [0.1, 0.15) is 0 Å². The Labute approximate surface area is 110 Å². The monoisotopic (exact) mass is 250 g/mol. The van der Waals surface area contributed by atoms with Crippen molar-refractivity contribution in [3.8, 4) is 0 Å². The van der Waals surface area contributed by atoms with Crippen molar-refractivity contribution in [2.45, 2.75) is 70.9 Å². The first kappa shape index (κ1) is 13.6. The second kappa shape index (κ2) is 6.37. The van der Waals surface area contributed by atoms with Crippen LogP contribution in [0.2, 0.25) is 0 Å². The van der Waals surface area contributed by atoms with E-state index in [1.807, 2.05) is 0 Å². The van der Waals surface area contributed by atoms with Gasteiger partial charge in [-0.2, -0.15) is 5.10 Å². The highest BCUT2D eigenvalue weighted by Crippen LogP contribution is 2.28. The fourth-order valence-corrected chi connectivity index (χ4v) is 2.81. The molecule has 3 nitrogen and oxygen atoms in total. The van der Waals surface area contributed by atoms with Gasteiger partial charge in [0, 0.05) is 12.6 Å². The van der Waals surface area contributed by atoms with Crippen LogP contribution < -0.4 is 0 Å². The highest BCUT2D eigenvalue weighted by Gasteiger charge is 2.18. The van der Waals surface area contributed by atoms with Gasteiger partial charge in [-0.3, -0.25) is 4.68 Å². The van der Waals surface area contributed by atoms with Gasteiger partial charge >= 0.3 is 0 Å². The summed E-state index contributed by atoms with van der Waals surface area (Å²) < 4.78 is 2.11. The number of hydrogen-bond donors (Lipinski definition) is 1. The molecule has 2 rings (SSSR count). The third-order valence-electron chi connectivity index (χ3n) is 4.18. The third kappa shape index (κ3) is 3.58. The molecule has 1 saturated carbocycles. The largest absolute Gasteiger partial charge is 0.393 e. The lowest BCUT2D eigenvalue weighted by atomic mass is 9.98. The zero-order valence-corrected chi connectivity index (χ0v) is 11.7. The van der Waals surface area contributed by atoms with Gasteiger partial charge in [0.2, 0.25) is 0 Å². The molecule has 0 aliphatic heterocycles. The zero-order valence-electron chi connectivity index (χ0n) is 11.7. The summed E-state index contributed by atoms with van der Waals surface area (Å²) in [5, 5.41) is 14.7. The molecule has 1 fully saturated rings. The van der Waals surface area contributed by atoms with Gasteiger partial charge in [0.25, 0.3) is 0 Å². The van der Waals surface area contributed by atoms with Crippen LogP contribution in [0.4, 0.5) is 0 Å². The molecule has 1 aromatic rings. The van der Waals surface area contributed by atoms with Crippen LogP contribution >= 0.6 is 0 Å². The topological polar surface area (TPSA) is 38.0 Å². The molecule has 2 atom stereocenters. The van der Waals surface area contributed by atoms with E-state index in [0.717, 1.165) is 18.5 Å². The van der Waals surface area contributed by atoms with Crippen LogP contribution in [0.3, 0.4) is 0 Å². The van der Waals surface area contributed by atoms with E-state index < -0.39 is 0 Å². The Hall–Kier alpha value is -0.830. The maximum Gasteiger partial charge on any atom is 0.0650 e. The van der Waals surface area contributed by atoms with E-state index in [1.54, 1.807) is 0 Å². The number of rotatable bonds is 6. The van der Waals surface area contributed by atoms with Gasteiger partial charge in [-0.15, -0.1) is 0 Å². The zero-order chi connectivity index (χ0) is 13.0. The Kier molecular flexibility index (Phi) is 4.81. The van der Waals surface area contributed by atoms with Crippen molar-refractivity contribution in [3.05, 3.63) is 18.0 Å². The minimum Gasteiger partial charge on any atom is -0.393 e. The molecule has 0 bridgehead atoms. The van der Waals surface area contributed by atoms with E-state index in [2.05, 4.69) is 35.9 Å². The Morgan fingerprint density at radius 1 is 1.44 bits per heavy atom. The van der Waals surface area contributed by atoms with Gasteiger partial charge in [-0.25, -0.2) is 0 Å². The Balaban J connectivity index is 1.85. The number of aromatic nitrogens is 2. The summed E-state index contributed by atoms with van der Waals surface area (Å²) in [5.41, 5.74) is 1.04. The number of hydrogen-bond acceptors (Lipinski definition) is 2. The van der Waals surface area contributed by atoms with Crippen LogP contribution in [-0.4, -0.2) is 21.0 Å². The van der Waals surface area contributed by atoms with E-state index in [4.69, 9.17) is 0 Å². The standard InChI is InChI=1S/C15H26N2O/c1-3-12(2)10-15(18)11-13-8-9-17(16-13)14-6-4-5-7-14/h8-9,12,14-15,18H,3-7,10-11H2,1-2H3. The first-order valence-corrected chi connectivity index (χ1v) is 7.41. The molecule has 1 aliphatic carbocycles. The Morgan fingerprint density at radius 3 is 2.83 bits per heavy atom. The van der Waals surface area contributed by atoms with Crippen molar-refractivity contribution in [2.75, 3.05) is 0 Å². The SMILES string of the molecule is CCC(C)CC(O)Cc1ccn(C2CCCC2)n1. The van der Waals surface area contributed by atoms with E-state index in [1.165, 1.54) is 25.7 Å². The maximum absolute atomic E-state index is 10.0. The fraction of sp³-hybridized carbons (Fsp3) is 0.800. The van der Waals surface area contributed by atoms with Crippen LogP contribution in [0, 0.1) is 5.92 Å². The lowest BCUT2D eigenvalue weighted by molar-refractivity contribution is 0.143. The normalized spacial score (nSPS) is 20.2. The maximum atomic E-state index is 10.0. The summed E-state index contributed by atoms with van der Waals surface area (Å²) >= 11 is 0. The van der Waals surface area contributed by atoms with Crippen molar-refractivity contribution in [1.82, 2.24) is 9.78 Å². The van der Waals surface area contributed by atoms with E-state index in [9.17, 15) is 5.11 Å². The van der Waals surface area contributed by atoms with E-state index in [0.29, 0.717) is 18.4 Å². The van der Waals surface area contributed by atoms with Crippen molar-refractivity contribution in [1.29, 1.82) is 0 Å². The highest BCUT2D eigenvalue weighted by molar-refractivity contribution is 5.01. The second-order valence-electron chi connectivity index (χ2n) is 5.83. The van der Waals surface area contributed by atoms with Gasteiger partial charge in [0.15, 0.2) is 0 Å². The number of nitrogens with zero attached hydrogens (tertiary/aromatic N) is 2. The van der Waals surface area contributed by atoms with Gasteiger partial charge in [-0.05, 0) is 31.2 Å². The average molecular weight is 250 g/mol. The smallest absolute Gasteiger partial charge is 0.0650 e. The Morgan fingerprint density at radius 2 is 2.17 bits per heavy atom. The van der Waals surface area contributed by atoms with Crippen LogP contribution in [0.5, 0.6) is 0 Å². The summed E-state index contributed by atoms with van der Waals surface area (Å²) in [6, 6.07) is 2.67. The second-order valence-corrected chi connectivity index (χ2v) is 5.83. The van der Waals surface area contributed by atoms with Gasteiger partial charge in [-0.1, -0.05) is 33.1 Å². The van der Waals surface area contributed by atoms with Gasteiger partial charge < -0.3 is 5.11 Å². The van der Waals surface area contributed by atoms with E-state index >= 15 is 0 Å². The van der Waals surface area contributed by atoms with Gasteiger partial charge in [0.05, 0.1) is 17.8 Å². The summed E-state index contributed by atoms with van der Waals surface area (Å²) in [5.74, 6) is 0.594. The van der Waals surface area contributed by atoms with Crippen LogP contribution in [-0.2, 0) is 6.42 Å². The van der Waals surface area contributed by atoms with Crippen LogP contribution in [0.15, 0.2) is 12.3 Å². The predicted molar refractivity (Wildman–Crippen MR) is 73.5 cm³/mol. The first-order valence-electron chi connectivity index (χ1n) is 7.41. The van der Waals surface area contributed by atoms with Crippen LogP contribution in [0.1, 0.15) is 64.1 Å². The number of aliphatic hydroxyl groups excluding tert-OH is 1. The minimum absolute atomic E-state index is 0.244. The van der Waals surface area contributed by atoms with Crippen molar-refractivity contribution in [2.24, 2.45) is 5.92 Å². The molecule has 0 saturated heterocycles. The molecule has 2 unspecified atom stereocenters. The highest BCUT2D eigenvalue weighted by atomic mass is 16.3. The molecule has 0 radical (unpaired) electrons. The van der Waals surface area contributed by atoms with Crippen molar-refractivity contribution < 1.29 is 5.11 Å². The van der Waals surface area contributed by atoms with Crippen molar-refractivity contribution >= 4 is 0 Å². The molecule has 0 spiro atoms. The molecule has 1 aromatic heterocycles. The molecular weight excluding hydrogens is 224 g/mol. The molecule has 18 heavy (non-hydrogen) atoms. The lowest BCUT2D eigenvalue weighted by Crippen LogP contribution is -2.15. The minimum atomic E-state index is -0.244. The Bertz CT molecular complexity index is 355. The molecule has 1 N–H and O–H groups in total. The molecule has 1 heterocycles. The summed E-state index contributed by atoms with van der Waals surface area (Å²) in [6.07, 6.45) is 9.73. The molecule has 102 valence electrons. The van der Waals surface area contributed by atoms with Crippen LogP contribution in [0.25, 0.3) is 0 Å².